The molecule has 1 nitrogen and oxygen atoms in total. The first-order valence-corrected chi connectivity index (χ1v) is 9.47. The van der Waals surface area contributed by atoms with E-state index in [1.54, 1.807) is 0 Å². The van der Waals surface area contributed by atoms with Crippen LogP contribution in [0, 0.1) is 17.3 Å². The van der Waals surface area contributed by atoms with Crippen LogP contribution in [-0.4, -0.2) is 12.6 Å². The van der Waals surface area contributed by atoms with Crippen molar-refractivity contribution < 1.29 is 0 Å². The Labute approximate surface area is 127 Å². The van der Waals surface area contributed by atoms with Crippen LogP contribution in [0.15, 0.2) is 0 Å². The fourth-order valence-electron chi connectivity index (χ4n) is 5.13. The van der Waals surface area contributed by atoms with E-state index in [-0.39, 0.29) is 0 Å². The van der Waals surface area contributed by atoms with Crippen molar-refractivity contribution in [3.8, 4) is 0 Å². The minimum absolute atomic E-state index is 0.574. The Morgan fingerprint density at radius 2 is 1.40 bits per heavy atom. The van der Waals surface area contributed by atoms with Gasteiger partial charge in [-0.1, -0.05) is 72.1 Å². The van der Waals surface area contributed by atoms with Crippen molar-refractivity contribution >= 4 is 0 Å². The second-order valence-electron chi connectivity index (χ2n) is 7.57. The summed E-state index contributed by atoms with van der Waals surface area (Å²) in [5.74, 6) is 1.97. The van der Waals surface area contributed by atoms with Crippen LogP contribution in [0.4, 0.5) is 0 Å². The van der Waals surface area contributed by atoms with Gasteiger partial charge >= 0.3 is 0 Å². The summed E-state index contributed by atoms with van der Waals surface area (Å²) >= 11 is 0. The number of hydrogen-bond donors (Lipinski definition) is 1. The van der Waals surface area contributed by atoms with Crippen molar-refractivity contribution in [2.75, 3.05) is 6.54 Å². The summed E-state index contributed by atoms with van der Waals surface area (Å²) < 4.78 is 0. The molecule has 0 bridgehead atoms. The topological polar surface area (TPSA) is 12.0 Å². The van der Waals surface area contributed by atoms with Gasteiger partial charge in [0, 0.05) is 6.04 Å². The second-order valence-corrected chi connectivity index (χ2v) is 7.57. The molecule has 0 aromatic heterocycles. The molecule has 4 atom stereocenters. The van der Waals surface area contributed by atoms with Crippen LogP contribution in [0.5, 0.6) is 0 Å². The first-order chi connectivity index (χ1) is 9.74. The molecule has 2 saturated carbocycles. The number of fused-ring (bicyclic) bond motifs is 1. The van der Waals surface area contributed by atoms with E-state index in [1.807, 2.05) is 0 Å². The van der Waals surface area contributed by atoms with Gasteiger partial charge in [-0.2, -0.15) is 0 Å². The predicted octanol–water partition coefficient (Wildman–Crippen LogP) is 5.54. The molecule has 20 heavy (non-hydrogen) atoms. The van der Waals surface area contributed by atoms with Gasteiger partial charge in [-0.05, 0) is 43.1 Å². The summed E-state index contributed by atoms with van der Waals surface area (Å²) in [5.41, 5.74) is 0.574. The fraction of sp³-hybridized carbons (Fsp3) is 1.00. The first kappa shape index (κ1) is 16.3. The zero-order chi connectivity index (χ0) is 14.4. The van der Waals surface area contributed by atoms with Gasteiger partial charge < -0.3 is 5.32 Å². The Balaban J connectivity index is 1.99. The molecule has 2 aliphatic carbocycles. The molecule has 2 rings (SSSR count). The van der Waals surface area contributed by atoms with Gasteiger partial charge in [0.1, 0.15) is 0 Å². The van der Waals surface area contributed by atoms with Crippen molar-refractivity contribution in [1.82, 2.24) is 5.32 Å². The maximum atomic E-state index is 3.83. The van der Waals surface area contributed by atoms with E-state index in [0.29, 0.717) is 5.41 Å². The summed E-state index contributed by atoms with van der Waals surface area (Å²) in [4.78, 5) is 0. The molecule has 4 unspecified atom stereocenters. The van der Waals surface area contributed by atoms with Gasteiger partial charge in [0.25, 0.3) is 0 Å². The lowest BCUT2D eigenvalue weighted by molar-refractivity contribution is -0.0891. The summed E-state index contributed by atoms with van der Waals surface area (Å²) in [5, 5.41) is 3.83. The summed E-state index contributed by atoms with van der Waals surface area (Å²) in [6.45, 7) is 8.40. The normalized spacial score (nSPS) is 40.0. The zero-order valence-electron chi connectivity index (χ0n) is 14.2. The smallest absolute Gasteiger partial charge is 0.0154 e. The van der Waals surface area contributed by atoms with E-state index in [2.05, 4.69) is 26.1 Å². The van der Waals surface area contributed by atoms with Crippen molar-refractivity contribution in [3.63, 3.8) is 0 Å². The van der Waals surface area contributed by atoms with E-state index in [9.17, 15) is 0 Å². The highest BCUT2D eigenvalue weighted by molar-refractivity contribution is 5.08. The largest absolute Gasteiger partial charge is 0.313 e. The Kier molecular flexibility index (Phi) is 6.39. The highest BCUT2D eigenvalue weighted by Crippen LogP contribution is 2.57. The van der Waals surface area contributed by atoms with Crippen molar-refractivity contribution in [2.24, 2.45) is 17.3 Å². The van der Waals surface area contributed by atoms with Gasteiger partial charge in [0.05, 0.1) is 0 Å². The molecule has 0 aliphatic heterocycles. The molecule has 0 amide bonds. The highest BCUT2D eigenvalue weighted by Gasteiger charge is 2.55. The summed E-state index contributed by atoms with van der Waals surface area (Å²) in [6.07, 6.45) is 16.2. The molecule has 0 radical (unpaired) electrons. The van der Waals surface area contributed by atoms with E-state index in [4.69, 9.17) is 0 Å². The molecule has 0 aromatic carbocycles. The fourth-order valence-corrected chi connectivity index (χ4v) is 5.13. The lowest BCUT2D eigenvalue weighted by atomic mass is 9.47. The molecule has 1 N–H and O–H groups in total. The van der Waals surface area contributed by atoms with Crippen molar-refractivity contribution in [2.45, 2.75) is 97.4 Å². The monoisotopic (exact) mass is 279 g/mol. The lowest BCUT2D eigenvalue weighted by Crippen LogP contribution is -2.65. The quantitative estimate of drug-likeness (QED) is 0.715. The van der Waals surface area contributed by atoms with E-state index in [1.165, 1.54) is 70.6 Å². The van der Waals surface area contributed by atoms with Crippen LogP contribution in [0.3, 0.4) is 0 Å². The van der Waals surface area contributed by atoms with E-state index >= 15 is 0 Å². The molecule has 1 heteroatoms. The van der Waals surface area contributed by atoms with Crippen LogP contribution < -0.4 is 5.32 Å². The maximum absolute atomic E-state index is 3.83. The molecule has 0 spiro atoms. The predicted molar refractivity (Wildman–Crippen MR) is 89.0 cm³/mol. The van der Waals surface area contributed by atoms with Gasteiger partial charge in [0.15, 0.2) is 0 Å². The first-order valence-electron chi connectivity index (χ1n) is 9.47. The van der Waals surface area contributed by atoms with Crippen molar-refractivity contribution in [1.29, 1.82) is 0 Å². The van der Waals surface area contributed by atoms with Gasteiger partial charge in [-0.15, -0.1) is 0 Å². The molecular weight excluding hydrogens is 242 g/mol. The van der Waals surface area contributed by atoms with Crippen LogP contribution in [0.2, 0.25) is 0 Å². The Bertz CT molecular complexity index is 275. The van der Waals surface area contributed by atoms with Gasteiger partial charge in [0.2, 0.25) is 0 Å². The third-order valence-electron chi connectivity index (χ3n) is 6.49. The third kappa shape index (κ3) is 3.40. The Hall–Kier alpha value is -0.0400. The van der Waals surface area contributed by atoms with Crippen molar-refractivity contribution in [3.05, 3.63) is 0 Å². The molecule has 2 fully saturated rings. The molecular formula is C19H37N. The summed E-state index contributed by atoms with van der Waals surface area (Å²) in [6, 6.07) is 0.797. The Morgan fingerprint density at radius 3 is 1.95 bits per heavy atom. The molecule has 0 heterocycles. The van der Waals surface area contributed by atoms with Crippen LogP contribution in [0.1, 0.15) is 91.4 Å². The van der Waals surface area contributed by atoms with Gasteiger partial charge in [-0.25, -0.2) is 0 Å². The minimum Gasteiger partial charge on any atom is -0.313 e. The molecule has 0 saturated heterocycles. The van der Waals surface area contributed by atoms with Gasteiger partial charge in [-0.3, -0.25) is 0 Å². The molecule has 2 aliphatic rings. The number of nitrogens with one attached hydrogen (secondary N) is 1. The SMILES string of the molecule is CCNC1C2CCCCCCCCCCC2C1(C)CC. The highest BCUT2D eigenvalue weighted by atomic mass is 15.0. The lowest BCUT2D eigenvalue weighted by Gasteiger charge is -2.61. The van der Waals surface area contributed by atoms with E-state index in [0.717, 1.165) is 24.4 Å². The van der Waals surface area contributed by atoms with Crippen LogP contribution in [-0.2, 0) is 0 Å². The minimum atomic E-state index is 0.574. The Morgan fingerprint density at radius 1 is 0.850 bits per heavy atom. The zero-order valence-corrected chi connectivity index (χ0v) is 14.2. The summed E-state index contributed by atoms with van der Waals surface area (Å²) in [7, 11) is 0. The molecule has 0 aromatic rings. The second kappa shape index (κ2) is 7.82. The van der Waals surface area contributed by atoms with Crippen LogP contribution in [0.25, 0.3) is 0 Å². The third-order valence-corrected chi connectivity index (χ3v) is 6.49. The maximum Gasteiger partial charge on any atom is 0.0154 e. The number of hydrogen-bond acceptors (Lipinski definition) is 1. The average molecular weight is 280 g/mol. The molecule has 118 valence electrons. The van der Waals surface area contributed by atoms with E-state index < -0.39 is 0 Å². The standard InChI is InChI=1S/C19H37N/c1-4-19(3)17-15-13-11-9-7-6-8-10-12-14-16(17)18(19)20-5-2/h16-18,20H,4-15H2,1-3H3. The van der Waals surface area contributed by atoms with Crippen LogP contribution >= 0.6 is 0 Å². The average Bonchev–Trinajstić information content (AvgIpc) is 2.45. The number of rotatable bonds is 3.